The first kappa shape index (κ1) is 17.9. The van der Waals surface area contributed by atoms with Crippen LogP contribution in [0.1, 0.15) is 25.0 Å². The molecular weight excluding hydrogens is 302 g/mol. The summed E-state index contributed by atoms with van der Waals surface area (Å²) >= 11 is 0. The van der Waals surface area contributed by atoms with Crippen molar-refractivity contribution >= 4 is 5.91 Å². The molecule has 0 spiro atoms. The Hall–Kier alpha value is -2.49. The molecule has 0 radical (unpaired) electrons. The van der Waals surface area contributed by atoms with E-state index in [-0.39, 0.29) is 17.7 Å². The molecule has 0 saturated heterocycles. The fraction of sp³-hybridized carbons (Fsp3) is 0.350. The van der Waals surface area contributed by atoms with Crippen molar-refractivity contribution in [1.82, 2.24) is 5.32 Å². The zero-order chi connectivity index (χ0) is 17.6. The summed E-state index contributed by atoms with van der Waals surface area (Å²) in [5.74, 6) is 1.36. The molecule has 0 aliphatic heterocycles. The third-order valence-corrected chi connectivity index (χ3v) is 4.12. The second-order valence-corrected chi connectivity index (χ2v) is 6.38. The lowest BCUT2D eigenvalue weighted by molar-refractivity contribution is -0.120. The molecule has 0 saturated carbocycles. The van der Waals surface area contributed by atoms with E-state index in [0.29, 0.717) is 18.0 Å². The zero-order valence-corrected chi connectivity index (χ0v) is 14.8. The number of hydrogen-bond donors (Lipinski definition) is 1. The van der Waals surface area contributed by atoms with Gasteiger partial charge in [-0.15, -0.1) is 0 Å². The third kappa shape index (κ3) is 4.51. The molecule has 24 heavy (non-hydrogen) atoms. The summed E-state index contributed by atoms with van der Waals surface area (Å²) in [6.45, 7) is 4.81. The van der Waals surface area contributed by atoms with Gasteiger partial charge in [-0.25, -0.2) is 0 Å². The Morgan fingerprint density at radius 1 is 1.04 bits per heavy atom. The van der Waals surface area contributed by atoms with Gasteiger partial charge in [0.25, 0.3) is 0 Å². The van der Waals surface area contributed by atoms with Crippen molar-refractivity contribution < 1.29 is 14.3 Å². The van der Waals surface area contributed by atoms with Gasteiger partial charge in [0.15, 0.2) is 0 Å². The van der Waals surface area contributed by atoms with Crippen LogP contribution in [0.25, 0.3) is 0 Å². The van der Waals surface area contributed by atoms with E-state index in [0.717, 1.165) is 5.56 Å². The number of carbonyl (C=O) groups is 1. The van der Waals surface area contributed by atoms with Gasteiger partial charge < -0.3 is 14.8 Å². The SMILES string of the molecule is COc1ccc(OC)c(CC(=O)NCC(C)(C)c2ccccc2)c1. The second-order valence-electron chi connectivity index (χ2n) is 6.38. The fourth-order valence-corrected chi connectivity index (χ4v) is 2.57. The highest BCUT2D eigenvalue weighted by Gasteiger charge is 2.21. The highest BCUT2D eigenvalue weighted by atomic mass is 16.5. The average molecular weight is 327 g/mol. The monoisotopic (exact) mass is 327 g/mol. The Morgan fingerprint density at radius 3 is 2.38 bits per heavy atom. The van der Waals surface area contributed by atoms with Crippen LogP contribution in [0.4, 0.5) is 0 Å². The number of rotatable bonds is 7. The van der Waals surface area contributed by atoms with E-state index in [9.17, 15) is 4.79 Å². The van der Waals surface area contributed by atoms with Gasteiger partial charge in [-0.2, -0.15) is 0 Å². The molecule has 0 aliphatic carbocycles. The Kier molecular flexibility index (Phi) is 5.85. The largest absolute Gasteiger partial charge is 0.497 e. The van der Waals surface area contributed by atoms with Crippen LogP contribution in [-0.2, 0) is 16.6 Å². The van der Waals surface area contributed by atoms with Crippen LogP contribution in [0.15, 0.2) is 48.5 Å². The molecule has 0 aromatic heterocycles. The first-order valence-electron chi connectivity index (χ1n) is 7.99. The minimum Gasteiger partial charge on any atom is -0.497 e. The van der Waals surface area contributed by atoms with E-state index in [2.05, 4.69) is 31.3 Å². The standard InChI is InChI=1S/C20H25NO3/c1-20(2,16-8-6-5-7-9-16)14-21-19(22)13-15-12-17(23-3)10-11-18(15)24-4/h5-12H,13-14H2,1-4H3,(H,21,22). The van der Waals surface area contributed by atoms with E-state index in [1.165, 1.54) is 5.56 Å². The molecule has 0 aliphatic rings. The van der Waals surface area contributed by atoms with Crippen LogP contribution in [-0.4, -0.2) is 26.7 Å². The molecule has 0 atom stereocenters. The predicted molar refractivity (Wildman–Crippen MR) is 95.7 cm³/mol. The molecule has 0 fully saturated rings. The van der Waals surface area contributed by atoms with Crippen LogP contribution in [0.2, 0.25) is 0 Å². The number of hydrogen-bond acceptors (Lipinski definition) is 3. The lowest BCUT2D eigenvalue weighted by Gasteiger charge is -2.25. The van der Waals surface area contributed by atoms with Crippen LogP contribution in [0, 0.1) is 0 Å². The van der Waals surface area contributed by atoms with Crippen molar-refractivity contribution in [2.24, 2.45) is 0 Å². The van der Waals surface area contributed by atoms with Crippen molar-refractivity contribution in [1.29, 1.82) is 0 Å². The predicted octanol–water partition coefficient (Wildman–Crippen LogP) is 3.34. The Bertz CT molecular complexity index is 681. The Morgan fingerprint density at radius 2 is 1.75 bits per heavy atom. The second kappa shape index (κ2) is 7.86. The van der Waals surface area contributed by atoms with Gasteiger partial charge in [0, 0.05) is 17.5 Å². The average Bonchev–Trinajstić information content (AvgIpc) is 2.60. The van der Waals surface area contributed by atoms with Gasteiger partial charge >= 0.3 is 0 Å². The number of ether oxygens (including phenoxy) is 2. The zero-order valence-electron chi connectivity index (χ0n) is 14.8. The summed E-state index contributed by atoms with van der Waals surface area (Å²) in [5, 5.41) is 3.02. The number of amides is 1. The summed E-state index contributed by atoms with van der Waals surface area (Å²) < 4.78 is 10.5. The van der Waals surface area contributed by atoms with E-state index in [1.54, 1.807) is 14.2 Å². The van der Waals surface area contributed by atoms with Crippen molar-refractivity contribution in [3.8, 4) is 11.5 Å². The van der Waals surface area contributed by atoms with E-state index in [1.807, 2.05) is 36.4 Å². The number of nitrogens with one attached hydrogen (secondary N) is 1. The minimum absolute atomic E-state index is 0.0365. The maximum absolute atomic E-state index is 12.4. The fourth-order valence-electron chi connectivity index (χ4n) is 2.57. The third-order valence-electron chi connectivity index (χ3n) is 4.12. The van der Waals surface area contributed by atoms with Crippen LogP contribution >= 0.6 is 0 Å². The van der Waals surface area contributed by atoms with Gasteiger partial charge in [-0.1, -0.05) is 44.2 Å². The molecule has 0 unspecified atom stereocenters. The summed E-state index contributed by atoms with van der Waals surface area (Å²) in [4.78, 5) is 12.4. The minimum atomic E-state index is -0.130. The molecule has 128 valence electrons. The molecule has 0 heterocycles. The maximum atomic E-state index is 12.4. The molecule has 2 aromatic rings. The molecule has 4 heteroatoms. The lowest BCUT2D eigenvalue weighted by Crippen LogP contribution is -2.37. The van der Waals surface area contributed by atoms with Gasteiger partial charge in [0.2, 0.25) is 5.91 Å². The summed E-state index contributed by atoms with van der Waals surface area (Å²) in [5.41, 5.74) is 1.88. The van der Waals surface area contributed by atoms with Crippen LogP contribution < -0.4 is 14.8 Å². The van der Waals surface area contributed by atoms with Crippen LogP contribution in [0.3, 0.4) is 0 Å². The van der Waals surface area contributed by atoms with E-state index >= 15 is 0 Å². The van der Waals surface area contributed by atoms with E-state index in [4.69, 9.17) is 9.47 Å². The molecule has 0 bridgehead atoms. The quantitative estimate of drug-likeness (QED) is 0.848. The number of methoxy groups -OCH3 is 2. The summed E-state index contributed by atoms with van der Waals surface area (Å²) in [6.07, 6.45) is 0.255. The maximum Gasteiger partial charge on any atom is 0.224 e. The highest BCUT2D eigenvalue weighted by Crippen LogP contribution is 2.25. The Balaban J connectivity index is 2.01. The van der Waals surface area contributed by atoms with Gasteiger partial charge in [-0.3, -0.25) is 4.79 Å². The molecule has 2 rings (SSSR count). The molecular formula is C20H25NO3. The molecule has 1 amide bonds. The normalized spacial score (nSPS) is 11.0. The first-order chi connectivity index (χ1) is 11.5. The molecule has 1 N–H and O–H groups in total. The van der Waals surface area contributed by atoms with Gasteiger partial charge in [0.1, 0.15) is 11.5 Å². The molecule has 4 nitrogen and oxygen atoms in total. The Labute approximate surface area is 143 Å². The van der Waals surface area contributed by atoms with Crippen molar-refractivity contribution in [2.75, 3.05) is 20.8 Å². The first-order valence-corrected chi connectivity index (χ1v) is 7.99. The van der Waals surface area contributed by atoms with Crippen molar-refractivity contribution in [2.45, 2.75) is 25.7 Å². The van der Waals surface area contributed by atoms with Gasteiger partial charge in [-0.05, 0) is 23.8 Å². The van der Waals surface area contributed by atoms with E-state index < -0.39 is 0 Å². The van der Waals surface area contributed by atoms with Crippen molar-refractivity contribution in [3.05, 3.63) is 59.7 Å². The van der Waals surface area contributed by atoms with Gasteiger partial charge in [0.05, 0.1) is 20.6 Å². The lowest BCUT2D eigenvalue weighted by atomic mass is 9.84. The number of benzene rings is 2. The topological polar surface area (TPSA) is 47.6 Å². The highest BCUT2D eigenvalue weighted by molar-refractivity contribution is 5.79. The summed E-state index contributed by atoms with van der Waals surface area (Å²) in [7, 11) is 3.20. The van der Waals surface area contributed by atoms with Crippen molar-refractivity contribution in [3.63, 3.8) is 0 Å². The number of carbonyl (C=O) groups excluding carboxylic acids is 1. The summed E-state index contributed by atoms with van der Waals surface area (Å²) in [6, 6.07) is 15.6. The smallest absolute Gasteiger partial charge is 0.224 e. The molecule has 2 aromatic carbocycles. The van der Waals surface area contributed by atoms with Crippen LogP contribution in [0.5, 0.6) is 11.5 Å².